The molecule has 2 aromatic rings. The molecule has 6 heteroatoms. The molecule has 1 saturated heterocycles. The molecule has 2 bridgehead atoms. The van der Waals surface area contributed by atoms with Crippen LogP contribution in [0, 0.1) is 23.7 Å². The van der Waals surface area contributed by atoms with Crippen molar-refractivity contribution < 1.29 is 14.3 Å². The van der Waals surface area contributed by atoms with E-state index in [2.05, 4.69) is 17.3 Å². The Morgan fingerprint density at radius 3 is 2.48 bits per heavy atom. The Morgan fingerprint density at radius 2 is 1.76 bits per heavy atom. The van der Waals surface area contributed by atoms with Gasteiger partial charge in [-0.3, -0.25) is 9.59 Å². The van der Waals surface area contributed by atoms with Crippen molar-refractivity contribution in [1.82, 2.24) is 5.01 Å². The fourth-order valence-electron chi connectivity index (χ4n) is 4.59. The van der Waals surface area contributed by atoms with Crippen LogP contribution >= 0.6 is 11.6 Å². The van der Waals surface area contributed by atoms with E-state index in [9.17, 15) is 9.59 Å². The van der Waals surface area contributed by atoms with Gasteiger partial charge < -0.3 is 4.74 Å². The number of fused-ring (bicyclic) bond motifs is 5. The Bertz CT molecular complexity index is 1020. The molecule has 0 unspecified atom stereocenters. The molecule has 1 saturated carbocycles. The topological polar surface area (TPSA) is 59.0 Å². The van der Waals surface area contributed by atoms with Crippen molar-refractivity contribution in [1.29, 1.82) is 0 Å². The van der Waals surface area contributed by atoms with Crippen LogP contribution in [0.25, 0.3) is 0 Å². The minimum Gasteiger partial charge on any atom is -0.489 e. The van der Waals surface area contributed by atoms with Crippen LogP contribution in [0.1, 0.15) is 17.5 Å². The largest absolute Gasteiger partial charge is 0.489 e. The molecule has 2 amide bonds. The first-order valence-corrected chi connectivity index (χ1v) is 10.1. The van der Waals surface area contributed by atoms with Crippen molar-refractivity contribution in [2.75, 3.05) is 0 Å². The summed E-state index contributed by atoms with van der Waals surface area (Å²) < 4.78 is 5.82. The molecular formula is C23H19ClN2O3. The molecule has 5 nitrogen and oxygen atoms in total. The lowest BCUT2D eigenvalue weighted by Gasteiger charge is -2.13. The Kier molecular flexibility index (Phi) is 4.47. The lowest BCUT2D eigenvalue weighted by molar-refractivity contribution is -0.140. The van der Waals surface area contributed by atoms with Gasteiger partial charge in [0.05, 0.1) is 18.1 Å². The predicted molar refractivity (Wildman–Crippen MR) is 109 cm³/mol. The maximum atomic E-state index is 12.7. The van der Waals surface area contributed by atoms with E-state index in [1.807, 2.05) is 48.5 Å². The molecule has 0 N–H and O–H groups in total. The van der Waals surface area contributed by atoms with Gasteiger partial charge in [-0.25, -0.2) is 0 Å². The first kappa shape index (κ1) is 18.1. The quantitative estimate of drug-likeness (QED) is 0.427. The molecule has 3 aliphatic rings. The summed E-state index contributed by atoms with van der Waals surface area (Å²) in [6.07, 6.45) is 6.60. The molecule has 1 aliphatic heterocycles. The van der Waals surface area contributed by atoms with Crippen LogP contribution in [0.3, 0.4) is 0 Å². The van der Waals surface area contributed by atoms with Crippen molar-refractivity contribution in [3.05, 3.63) is 76.8 Å². The molecule has 146 valence electrons. The second kappa shape index (κ2) is 7.16. The van der Waals surface area contributed by atoms with Gasteiger partial charge in [0.25, 0.3) is 11.8 Å². The highest BCUT2D eigenvalue weighted by molar-refractivity contribution is 6.31. The second-order valence-electron chi connectivity index (χ2n) is 7.69. The van der Waals surface area contributed by atoms with E-state index in [-0.39, 0.29) is 35.5 Å². The third-order valence-electron chi connectivity index (χ3n) is 5.98. The summed E-state index contributed by atoms with van der Waals surface area (Å²) in [6.45, 7) is 0.350. The Hall–Kier alpha value is -2.92. The Balaban J connectivity index is 1.28. The van der Waals surface area contributed by atoms with Gasteiger partial charge in [-0.15, -0.1) is 0 Å². The van der Waals surface area contributed by atoms with Gasteiger partial charge in [-0.2, -0.15) is 10.1 Å². The fraction of sp³-hybridized carbons (Fsp3) is 0.261. The molecule has 2 aromatic carbocycles. The number of allylic oxidation sites excluding steroid dienone is 2. The SMILES string of the molecule is O=C1[C@H]2[C@H](C(=O)N1/N=C\c1cccc(OCc3ccccc3Cl)c1)[C@H]1C=C[C@H]2C1. The maximum absolute atomic E-state index is 12.7. The van der Waals surface area contributed by atoms with E-state index in [4.69, 9.17) is 16.3 Å². The van der Waals surface area contributed by atoms with Crippen molar-refractivity contribution in [3.8, 4) is 5.75 Å². The highest BCUT2D eigenvalue weighted by atomic mass is 35.5. The molecule has 5 rings (SSSR count). The van der Waals surface area contributed by atoms with Crippen LogP contribution < -0.4 is 4.74 Å². The average Bonchev–Trinajstić information content (AvgIpc) is 3.41. The normalized spacial score (nSPS) is 27.3. The van der Waals surface area contributed by atoms with Crippen LogP contribution in [0.5, 0.6) is 5.75 Å². The van der Waals surface area contributed by atoms with Crippen LogP contribution in [-0.4, -0.2) is 23.0 Å². The van der Waals surface area contributed by atoms with Crippen LogP contribution in [-0.2, 0) is 16.2 Å². The van der Waals surface area contributed by atoms with Gasteiger partial charge in [0, 0.05) is 10.6 Å². The molecule has 2 aliphatic carbocycles. The van der Waals surface area contributed by atoms with Gasteiger partial charge in [0.1, 0.15) is 12.4 Å². The lowest BCUT2D eigenvalue weighted by atomic mass is 9.85. The summed E-state index contributed by atoms with van der Waals surface area (Å²) in [5.41, 5.74) is 1.65. The van der Waals surface area contributed by atoms with Gasteiger partial charge in [0.2, 0.25) is 0 Å². The van der Waals surface area contributed by atoms with Gasteiger partial charge in [0.15, 0.2) is 0 Å². The number of carbonyl (C=O) groups excluding carboxylic acids is 2. The molecule has 4 atom stereocenters. The van der Waals surface area contributed by atoms with Crippen LogP contribution in [0.2, 0.25) is 5.02 Å². The van der Waals surface area contributed by atoms with Crippen molar-refractivity contribution in [3.63, 3.8) is 0 Å². The van der Waals surface area contributed by atoms with Crippen LogP contribution in [0.15, 0.2) is 65.8 Å². The van der Waals surface area contributed by atoms with Crippen molar-refractivity contribution in [2.24, 2.45) is 28.8 Å². The van der Waals surface area contributed by atoms with E-state index < -0.39 is 0 Å². The third kappa shape index (κ3) is 3.15. The zero-order valence-electron chi connectivity index (χ0n) is 15.6. The minimum absolute atomic E-state index is 0.181. The highest BCUT2D eigenvalue weighted by Crippen LogP contribution is 2.52. The van der Waals surface area contributed by atoms with E-state index >= 15 is 0 Å². The predicted octanol–water partition coefficient (Wildman–Crippen LogP) is 4.06. The molecule has 2 fully saturated rings. The standard InChI is InChI=1S/C23H19ClN2O3/c24-19-7-2-1-5-17(19)13-29-18-6-3-4-14(10-18)12-25-26-22(27)20-15-8-9-16(11-15)21(20)23(26)28/h1-10,12,15-16,20-21H,11,13H2/b25-12-/t15-,16-,20+,21+/m0/s1. The maximum Gasteiger partial charge on any atom is 0.254 e. The monoisotopic (exact) mass is 406 g/mol. The summed E-state index contributed by atoms with van der Waals surface area (Å²) in [6, 6.07) is 14.9. The zero-order valence-corrected chi connectivity index (χ0v) is 16.3. The van der Waals surface area contributed by atoms with E-state index in [1.165, 1.54) is 6.21 Å². The Morgan fingerprint density at radius 1 is 1.03 bits per heavy atom. The highest BCUT2D eigenvalue weighted by Gasteiger charge is 2.59. The molecular weight excluding hydrogens is 388 g/mol. The summed E-state index contributed by atoms with van der Waals surface area (Å²) in [4.78, 5) is 25.4. The number of amides is 2. The van der Waals surface area contributed by atoms with Gasteiger partial charge in [-0.05, 0) is 42.0 Å². The number of benzene rings is 2. The van der Waals surface area contributed by atoms with E-state index in [0.29, 0.717) is 17.4 Å². The fourth-order valence-corrected chi connectivity index (χ4v) is 4.78. The second-order valence-corrected chi connectivity index (χ2v) is 8.09. The minimum atomic E-state index is -0.236. The molecule has 0 aromatic heterocycles. The summed E-state index contributed by atoms with van der Waals surface area (Å²) in [5, 5.41) is 5.92. The van der Waals surface area contributed by atoms with Gasteiger partial charge >= 0.3 is 0 Å². The summed E-state index contributed by atoms with van der Waals surface area (Å²) in [7, 11) is 0. The lowest BCUT2D eigenvalue weighted by Crippen LogP contribution is -2.28. The number of hydrazone groups is 1. The molecule has 29 heavy (non-hydrogen) atoms. The summed E-state index contributed by atoms with van der Waals surface area (Å²) >= 11 is 6.16. The molecule has 1 heterocycles. The average molecular weight is 407 g/mol. The van der Waals surface area contributed by atoms with Crippen molar-refractivity contribution in [2.45, 2.75) is 13.0 Å². The number of hydrogen-bond acceptors (Lipinski definition) is 4. The zero-order chi connectivity index (χ0) is 20.0. The van der Waals surface area contributed by atoms with Crippen molar-refractivity contribution >= 4 is 29.6 Å². The van der Waals surface area contributed by atoms with Gasteiger partial charge in [-0.1, -0.05) is 54.1 Å². The van der Waals surface area contributed by atoms with E-state index in [0.717, 1.165) is 22.6 Å². The number of rotatable bonds is 5. The molecule has 0 radical (unpaired) electrons. The number of imide groups is 1. The number of ether oxygens (including phenoxy) is 1. The molecule has 0 spiro atoms. The van der Waals surface area contributed by atoms with Crippen LogP contribution in [0.4, 0.5) is 0 Å². The number of halogens is 1. The third-order valence-corrected chi connectivity index (χ3v) is 6.35. The Labute approximate surface area is 173 Å². The summed E-state index contributed by atoms with van der Waals surface area (Å²) in [5.74, 6) is 0.191. The number of carbonyl (C=O) groups is 2. The first-order valence-electron chi connectivity index (χ1n) is 9.68. The number of nitrogens with zero attached hydrogens (tertiary/aromatic N) is 2. The first-order chi connectivity index (χ1) is 14.1. The van der Waals surface area contributed by atoms with E-state index in [1.54, 1.807) is 0 Å². The number of hydrogen-bond donors (Lipinski definition) is 0. The smallest absolute Gasteiger partial charge is 0.254 e.